The van der Waals surface area contributed by atoms with E-state index in [1.807, 2.05) is 0 Å². The molecular formula is C42H23N3. The predicted molar refractivity (Wildman–Crippen MR) is 190 cm³/mol. The molecule has 0 fully saturated rings. The van der Waals surface area contributed by atoms with Gasteiger partial charge in [-0.2, -0.15) is 0 Å². The highest BCUT2D eigenvalue weighted by Crippen LogP contribution is 2.48. The van der Waals surface area contributed by atoms with Crippen LogP contribution in [0, 0.1) is 0 Å². The molecule has 12 aromatic rings. The van der Waals surface area contributed by atoms with Crippen molar-refractivity contribution >= 4 is 98.0 Å². The summed E-state index contributed by atoms with van der Waals surface area (Å²) in [5.74, 6) is 0. The summed E-state index contributed by atoms with van der Waals surface area (Å²) in [7, 11) is 0. The van der Waals surface area contributed by atoms with E-state index in [4.69, 9.17) is 0 Å². The second-order valence-corrected chi connectivity index (χ2v) is 12.5. The fourth-order valence-corrected chi connectivity index (χ4v) is 8.85. The van der Waals surface area contributed by atoms with E-state index in [9.17, 15) is 0 Å². The first-order valence-electron chi connectivity index (χ1n) is 15.6. The molecule has 0 unspecified atom stereocenters. The zero-order valence-corrected chi connectivity index (χ0v) is 24.1. The summed E-state index contributed by atoms with van der Waals surface area (Å²) >= 11 is 0. The average Bonchev–Trinajstić information content (AvgIpc) is 3.88. The van der Waals surface area contributed by atoms with Gasteiger partial charge in [-0.15, -0.1) is 0 Å². The molecule has 0 aliphatic rings. The Balaban J connectivity index is 1.40. The van der Waals surface area contributed by atoms with Gasteiger partial charge in [-0.3, -0.25) is 0 Å². The first-order chi connectivity index (χ1) is 22.4. The van der Waals surface area contributed by atoms with Crippen molar-refractivity contribution in [2.45, 2.75) is 0 Å². The molecule has 0 spiro atoms. The quantitative estimate of drug-likeness (QED) is 0.187. The van der Waals surface area contributed by atoms with Gasteiger partial charge in [-0.25, -0.2) is 0 Å². The van der Waals surface area contributed by atoms with Crippen molar-refractivity contribution in [2.75, 3.05) is 0 Å². The van der Waals surface area contributed by atoms with Crippen LogP contribution < -0.4 is 0 Å². The van der Waals surface area contributed by atoms with Gasteiger partial charge in [0.25, 0.3) is 0 Å². The van der Waals surface area contributed by atoms with E-state index < -0.39 is 0 Å². The summed E-state index contributed by atoms with van der Waals surface area (Å²) < 4.78 is 7.54. The van der Waals surface area contributed by atoms with E-state index in [0.717, 1.165) is 0 Å². The minimum Gasteiger partial charge on any atom is -0.308 e. The number of rotatable bonds is 1. The topological polar surface area (TPSA) is 13.8 Å². The Morgan fingerprint density at radius 3 is 1.22 bits per heavy atom. The van der Waals surface area contributed by atoms with Crippen LogP contribution in [-0.4, -0.2) is 13.4 Å². The lowest BCUT2D eigenvalue weighted by atomic mass is 10.0. The van der Waals surface area contributed by atoms with Gasteiger partial charge in [-0.1, -0.05) is 103 Å². The van der Waals surface area contributed by atoms with Crippen LogP contribution in [0.1, 0.15) is 0 Å². The third-order valence-corrected chi connectivity index (χ3v) is 10.5. The Bertz CT molecular complexity index is 2990. The second-order valence-electron chi connectivity index (χ2n) is 12.5. The summed E-state index contributed by atoms with van der Waals surface area (Å²) in [5.41, 5.74) is 11.4. The highest BCUT2D eigenvalue weighted by Gasteiger charge is 2.26. The number of hydrogen-bond donors (Lipinski definition) is 0. The molecule has 0 atom stereocenters. The van der Waals surface area contributed by atoms with Crippen LogP contribution in [0.2, 0.25) is 0 Å². The van der Waals surface area contributed by atoms with E-state index in [-0.39, 0.29) is 0 Å². The molecule has 3 heteroatoms. The van der Waals surface area contributed by atoms with Crippen molar-refractivity contribution in [2.24, 2.45) is 0 Å². The van der Waals surface area contributed by atoms with Crippen LogP contribution in [0.15, 0.2) is 140 Å². The molecule has 0 N–H and O–H groups in total. The molecule has 45 heavy (non-hydrogen) atoms. The molecule has 0 saturated carbocycles. The SMILES string of the molecule is c1ccc(-n2c3c(ccc4c3c3cccc5c6ccccc6n4c53)c3ccc4c(c5cccc6c7ccccc7n4c65)c32)cc1. The monoisotopic (exact) mass is 569 g/mol. The summed E-state index contributed by atoms with van der Waals surface area (Å²) in [5, 5.41) is 13.1. The van der Waals surface area contributed by atoms with Crippen LogP contribution in [0.4, 0.5) is 0 Å². The van der Waals surface area contributed by atoms with E-state index in [1.165, 1.54) is 104 Å². The number of nitrogens with zero attached hydrogens (tertiary/aromatic N) is 3. The van der Waals surface area contributed by atoms with Crippen LogP contribution >= 0.6 is 0 Å². The lowest BCUT2D eigenvalue weighted by Crippen LogP contribution is -1.94. The van der Waals surface area contributed by atoms with Crippen LogP contribution in [-0.2, 0) is 0 Å². The van der Waals surface area contributed by atoms with Crippen molar-refractivity contribution in [3.63, 3.8) is 0 Å². The maximum Gasteiger partial charge on any atom is 0.0641 e. The van der Waals surface area contributed by atoms with Crippen molar-refractivity contribution in [3.05, 3.63) is 140 Å². The van der Waals surface area contributed by atoms with Gasteiger partial charge in [0.2, 0.25) is 0 Å². The van der Waals surface area contributed by atoms with Crippen LogP contribution in [0.25, 0.3) is 104 Å². The molecule has 12 rings (SSSR count). The summed E-state index contributed by atoms with van der Waals surface area (Å²) in [6.45, 7) is 0. The van der Waals surface area contributed by atoms with Crippen molar-refractivity contribution in [1.29, 1.82) is 0 Å². The van der Waals surface area contributed by atoms with Crippen molar-refractivity contribution in [3.8, 4) is 5.69 Å². The van der Waals surface area contributed by atoms with Gasteiger partial charge >= 0.3 is 0 Å². The van der Waals surface area contributed by atoms with Gasteiger partial charge in [0.05, 0.1) is 44.1 Å². The van der Waals surface area contributed by atoms with Crippen molar-refractivity contribution < 1.29 is 0 Å². The van der Waals surface area contributed by atoms with Gasteiger partial charge in [0, 0.05) is 59.5 Å². The lowest BCUT2D eigenvalue weighted by molar-refractivity contribution is 1.19. The molecule has 206 valence electrons. The largest absolute Gasteiger partial charge is 0.308 e. The number of fused-ring (bicyclic) bond motifs is 17. The highest BCUT2D eigenvalue weighted by atomic mass is 15.0. The average molecular weight is 570 g/mol. The van der Waals surface area contributed by atoms with Gasteiger partial charge < -0.3 is 13.4 Å². The standard InChI is InChI=1S/C42H23N3/c1-2-10-24(11-3-1)43-41-29(20-22-35-37(41)31-16-8-14-27-25-12-4-6-18-33(25)44(35)39(27)31)30-21-23-36-38(42(30)43)32-17-9-15-28-26-13-5-7-19-34(26)45(36)40(28)32/h1-23H. The Kier molecular flexibility index (Phi) is 3.76. The van der Waals surface area contributed by atoms with Crippen LogP contribution in [0.5, 0.6) is 0 Å². The first-order valence-corrected chi connectivity index (χ1v) is 15.6. The first kappa shape index (κ1) is 22.5. The summed E-state index contributed by atoms with van der Waals surface area (Å²) in [6, 6.07) is 51.7. The smallest absolute Gasteiger partial charge is 0.0641 e. The Hall–Kier alpha value is -6.06. The molecular weight excluding hydrogens is 546 g/mol. The molecule has 0 radical (unpaired) electrons. The molecule has 0 bridgehead atoms. The third kappa shape index (κ3) is 2.43. The highest BCUT2D eigenvalue weighted by molar-refractivity contribution is 6.35. The number of hydrogen-bond acceptors (Lipinski definition) is 0. The second kappa shape index (κ2) is 7.53. The molecule has 7 aromatic carbocycles. The van der Waals surface area contributed by atoms with Gasteiger partial charge in [0.15, 0.2) is 0 Å². The summed E-state index contributed by atoms with van der Waals surface area (Å²) in [6.07, 6.45) is 0. The maximum atomic E-state index is 2.56. The number of aromatic nitrogens is 3. The molecule has 5 heterocycles. The zero-order valence-electron chi connectivity index (χ0n) is 24.1. The van der Waals surface area contributed by atoms with E-state index in [0.29, 0.717) is 0 Å². The fourth-order valence-electron chi connectivity index (χ4n) is 8.85. The molecule has 0 aliphatic carbocycles. The normalized spacial score (nSPS) is 12.9. The summed E-state index contributed by atoms with van der Waals surface area (Å²) in [4.78, 5) is 0. The maximum absolute atomic E-state index is 2.56. The zero-order chi connectivity index (χ0) is 29.0. The minimum atomic E-state index is 1.18. The Morgan fingerprint density at radius 1 is 0.267 bits per heavy atom. The van der Waals surface area contributed by atoms with Gasteiger partial charge in [0.1, 0.15) is 0 Å². The number of benzene rings is 7. The van der Waals surface area contributed by atoms with Crippen molar-refractivity contribution in [1.82, 2.24) is 13.4 Å². The number of para-hydroxylation sites is 5. The van der Waals surface area contributed by atoms with Crippen LogP contribution in [0.3, 0.4) is 0 Å². The van der Waals surface area contributed by atoms with E-state index in [2.05, 4.69) is 153 Å². The molecule has 3 nitrogen and oxygen atoms in total. The Morgan fingerprint density at radius 2 is 0.689 bits per heavy atom. The van der Waals surface area contributed by atoms with E-state index >= 15 is 0 Å². The molecule has 0 aliphatic heterocycles. The third-order valence-electron chi connectivity index (χ3n) is 10.5. The molecule has 5 aromatic heterocycles. The molecule has 0 amide bonds. The van der Waals surface area contributed by atoms with Gasteiger partial charge in [-0.05, 0) is 36.4 Å². The fraction of sp³-hybridized carbons (Fsp3) is 0. The molecule has 0 saturated heterocycles. The predicted octanol–water partition coefficient (Wildman–Crippen LogP) is 11.1. The Labute approximate surface area is 256 Å². The minimum absolute atomic E-state index is 1.18. The lowest BCUT2D eigenvalue weighted by Gasteiger charge is -2.10. The van der Waals surface area contributed by atoms with E-state index in [1.54, 1.807) is 0 Å².